The molecule has 2 aromatic rings. The van der Waals surface area contributed by atoms with Crippen LogP contribution in [-0.2, 0) is 18.2 Å². The first kappa shape index (κ1) is 15.7. The van der Waals surface area contributed by atoms with Gasteiger partial charge in [-0.05, 0) is 31.4 Å². The van der Waals surface area contributed by atoms with Gasteiger partial charge in [0.05, 0.1) is 17.9 Å². The van der Waals surface area contributed by atoms with Crippen LogP contribution in [0.5, 0.6) is 0 Å². The van der Waals surface area contributed by atoms with E-state index in [1.165, 1.54) is 0 Å². The molecule has 122 valence electrons. The summed E-state index contributed by atoms with van der Waals surface area (Å²) in [6.07, 6.45) is 5.33. The summed E-state index contributed by atoms with van der Waals surface area (Å²) in [5.74, 6) is 0.151. The molecule has 1 aliphatic heterocycles. The van der Waals surface area contributed by atoms with Crippen molar-refractivity contribution >= 4 is 5.91 Å². The van der Waals surface area contributed by atoms with Crippen molar-refractivity contribution in [1.29, 1.82) is 0 Å². The van der Waals surface area contributed by atoms with Gasteiger partial charge in [0.15, 0.2) is 0 Å². The molecule has 1 amide bonds. The number of ether oxygens (including phenoxy) is 1. The van der Waals surface area contributed by atoms with Crippen molar-refractivity contribution in [3.05, 3.63) is 47.0 Å². The molecule has 23 heavy (non-hydrogen) atoms. The molecular formula is C17H22N4O2. The van der Waals surface area contributed by atoms with Crippen molar-refractivity contribution < 1.29 is 9.53 Å². The van der Waals surface area contributed by atoms with E-state index in [0.717, 1.165) is 36.4 Å². The summed E-state index contributed by atoms with van der Waals surface area (Å²) in [4.78, 5) is 16.7. The smallest absolute Gasteiger partial charge is 0.254 e. The van der Waals surface area contributed by atoms with Gasteiger partial charge in [0.25, 0.3) is 5.91 Å². The van der Waals surface area contributed by atoms with E-state index in [2.05, 4.69) is 15.4 Å². The molecule has 3 heterocycles. The Bertz CT molecular complexity index is 672. The maximum atomic E-state index is 12.5. The number of pyridine rings is 1. The van der Waals surface area contributed by atoms with Crippen LogP contribution in [0.4, 0.5) is 0 Å². The first-order valence-corrected chi connectivity index (χ1v) is 7.94. The van der Waals surface area contributed by atoms with Crippen LogP contribution < -0.4 is 5.32 Å². The third-order valence-electron chi connectivity index (χ3n) is 4.09. The SMILES string of the molecule is Cc1ccc(CCNC(=O)c2cn(C)nc2C2CCOC2)cn1. The zero-order chi connectivity index (χ0) is 16.2. The summed E-state index contributed by atoms with van der Waals surface area (Å²) in [7, 11) is 1.84. The van der Waals surface area contributed by atoms with Crippen LogP contribution in [0.1, 0.15) is 39.6 Å². The molecule has 1 N–H and O–H groups in total. The zero-order valence-electron chi connectivity index (χ0n) is 13.6. The van der Waals surface area contributed by atoms with E-state index in [4.69, 9.17) is 4.74 Å². The number of aryl methyl sites for hydroxylation is 2. The van der Waals surface area contributed by atoms with Gasteiger partial charge in [-0.25, -0.2) is 0 Å². The van der Waals surface area contributed by atoms with E-state index in [1.54, 1.807) is 10.9 Å². The molecule has 3 rings (SSSR count). The third kappa shape index (κ3) is 3.76. The third-order valence-corrected chi connectivity index (χ3v) is 4.09. The number of carbonyl (C=O) groups is 1. The fourth-order valence-corrected chi connectivity index (χ4v) is 2.79. The first-order chi connectivity index (χ1) is 11.1. The van der Waals surface area contributed by atoms with Crippen LogP contribution in [0.3, 0.4) is 0 Å². The van der Waals surface area contributed by atoms with Gasteiger partial charge in [-0.15, -0.1) is 0 Å². The Balaban J connectivity index is 1.60. The van der Waals surface area contributed by atoms with Gasteiger partial charge in [-0.2, -0.15) is 5.10 Å². The van der Waals surface area contributed by atoms with Crippen molar-refractivity contribution in [2.75, 3.05) is 19.8 Å². The Morgan fingerprint density at radius 1 is 1.48 bits per heavy atom. The highest BCUT2D eigenvalue weighted by molar-refractivity contribution is 5.95. The molecule has 1 saturated heterocycles. The van der Waals surface area contributed by atoms with Crippen molar-refractivity contribution in [3.8, 4) is 0 Å². The second kappa shape index (κ2) is 6.91. The van der Waals surface area contributed by atoms with Gasteiger partial charge in [0, 0.05) is 44.2 Å². The van der Waals surface area contributed by atoms with Gasteiger partial charge in [0.1, 0.15) is 0 Å². The highest BCUT2D eigenvalue weighted by Gasteiger charge is 2.26. The molecule has 6 nitrogen and oxygen atoms in total. The van der Waals surface area contributed by atoms with Gasteiger partial charge in [-0.3, -0.25) is 14.5 Å². The Kier molecular flexibility index (Phi) is 4.71. The van der Waals surface area contributed by atoms with Gasteiger partial charge in [-0.1, -0.05) is 6.07 Å². The molecule has 0 aliphatic carbocycles. The summed E-state index contributed by atoms with van der Waals surface area (Å²) < 4.78 is 7.12. The number of rotatable bonds is 5. The Hall–Kier alpha value is -2.21. The van der Waals surface area contributed by atoms with E-state index >= 15 is 0 Å². The average molecular weight is 314 g/mol. The lowest BCUT2D eigenvalue weighted by atomic mass is 10.0. The van der Waals surface area contributed by atoms with Crippen LogP contribution in [0, 0.1) is 6.92 Å². The molecule has 0 radical (unpaired) electrons. The molecule has 0 saturated carbocycles. The molecular weight excluding hydrogens is 292 g/mol. The molecule has 1 unspecified atom stereocenters. The minimum atomic E-state index is -0.0694. The van der Waals surface area contributed by atoms with Gasteiger partial charge < -0.3 is 10.1 Å². The number of hydrogen-bond acceptors (Lipinski definition) is 4. The van der Waals surface area contributed by atoms with Gasteiger partial charge >= 0.3 is 0 Å². The maximum Gasteiger partial charge on any atom is 0.254 e. The van der Waals surface area contributed by atoms with E-state index < -0.39 is 0 Å². The number of hydrogen-bond donors (Lipinski definition) is 1. The quantitative estimate of drug-likeness (QED) is 0.910. The molecule has 6 heteroatoms. The fraction of sp³-hybridized carbons (Fsp3) is 0.471. The average Bonchev–Trinajstić information content (AvgIpc) is 3.18. The molecule has 0 bridgehead atoms. The number of amides is 1. The van der Waals surface area contributed by atoms with Crippen LogP contribution in [-0.4, -0.2) is 40.4 Å². The molecule has 0 spiro atoms. The monoisotopic (exact) mass is 314 g/mol. The summed E-state index contributed by atoms with van der Waals surface area (Å²) in [5.41, 5.74) is 3.62. The van der Waals surface area contributed by atoms with E-state index in [1.807, 2.05) is 32.3 Å². The van der Waals surface area contributed by atoms with Crippen LogP contribution in [0.15, 0.2) is 24.5 Å². The highest BCUT2D eigenvalue weighted by Crippen LogP contribution is 2.26. The number of nitrogens with zero attached hydrogens (tertiary/aromatic N) is 3. The Labute approximate surface area is 135 Å². The lowest BCUT2D eigenvalue weighted by molar-refractivity contribution is 0.0952. The summed E-state index contributed by atoms with van der Waals surface area (Å²) in [5, 5.41) is 7.43. The molecule has 1 atom stereocenters. The number of carbonyl (C=O) groups excluding carboxylic acids is 1. The van der Waals surface area contributed by atoms with Crippen LogP contribution >= 0.6 is 0 Å². The van der Waals surface area contributed by atoms with Crippen LogP contribution in [0.2, 0.25) is 0 Å². The predicted molar refractivity (Wildman–Crippen MR) is 86.4 cm³/mol. The van der Waals surface area contributed by atoms with Crippen molar-refractivity contribution in [2.45, 2.75) is 25.7 Å². The molecule has 0 aromatic carbocycles. The van der Waals surface area contributed by atoms with Gasteiger partial charge in [0.2, 0.25) is 0 Å². The molecule has 2 aromatic heterocycles. The minimum absolute atomic E-state index is 0.0694. The lowest BCUT2D eigenvalue weighted by Gasteiger charge is -2.08. The standard InChI is InChI=1S/C17H22N4O2/c1-12-3-4-13(9-19-12)5-7-18-17(22)15-10-21(2)20-16(15)14-6-8-23-11-14/h3-4,9-10,14H,5-8,11H2,1-2H3,(H,18,22). The highest BCUT2D eigenvalue weighted by atomic mass is 16.5. The number of nitrogens with one attached hydrogen (secondary N) is 1. The largest absolute Gasteiger partial charge is 0.381 e. The lowest BCUT2D eigenvalue weighted by Crippen LogP contribution is -2.26. The maximum absolute atomic E-state index is 12.5. The Morgan fingerprint density at radius 2 is 2.35 bits per heavy atom. The Morgan fingerprint density at radius 3 is 3.04 bits per heavy atom. The zero-order valence-corrected chi connectivity index (χ0v) is 13.6. The normalized spacial score (nSPS) is 17.4. The van der Waals surface area contributed by atoms with E-state index in [9.17, 15) is 4.79 Å². The molecule has 1 fully saturated rings. The molecule has 1 aliphatic rings. The summed E-state index contributed by atoms with van der Waals surface area (Å²) >= 11 is 0. The fourth-order valence-electron chi connectivity index (χ4n) is 2.79. The van der Waals surface area contributed by atoms with E-state index in [0.29, 0.717) is 18.7 Å². The first-order valence-electron chi connectivity index (χ1n) is 7.94. The predicted octanol–water partition coefficient (Wildman–Crippen LogP) is 1.60. The van der Waals surface area contributed by atoms with Crippen molar-refractivity contribution in [3.63, 3.8) is 0 Å². The summed E-state index contributed by atoms with van der Waals surface area (Å²) in [6.45, 7) is 3.93. The van der Waals surface area contributed by atoms with E-state index in [-0.39, 0.29) is 11.8 Å². The topological polar surface area (TPSA) is 69.0 Å². The second-order valence-electron chi connectivity index (χ2n) is 5.98. The number of aromatic nitrogens is 3. The minimum Gasteiger partial charge on any atom is -0.381 e. The van der Waals surface area contributed by atoms with Crippen molar-refractivity contribution in [1.82, 2.24) is 20.1 Å². The summed E-state index contributed by atoms with van der Waals surface area (Å²) in [6, 6.07) is 4.02. The second-order valence-corrected chi connectivity index (χ2v) is 5.98. The van der Waals surface area contributed by atoms with Crippen LogP contribution in [0.25, 0.3) is 0 Å². The van der Waals surface area contributed by atoms with Crippen molar-refractivity contribution in [2.24, 2.45) is 7.05 Å².